The van der Waals surface area contributed by atoms with Crippen molar-refractivity contribution in [2.75, 3.05) is 5.73 Å². The Balaban J connectivity index is 2.32. The Labute approximate surface area is 124 Å². The molecule has 110 valence electrons. The van der Waals surface area contributed by atoms with Crippen molar-refractivity contribution < 1.29 is 0 Å². The first-order valence-electron chi connectivity index (χ1n) is 7.06. The van der Waals surface area contributed by atoms with E-state index in [2.05, 4.69) is 25.9 Å². The highest BCUT2D eigenvalue weighted by molar-refractivity contribution is 5.77. The van der Waals surface area contributed by atoms with Gasteiger partial charge in [0, 0.05) is 30.4 Å². The molecule has 0 saturated heterocycles. The summed E-state index contributed by atoms with van der Waals surface area (Å²) in [6.45, 7) is 8.49. The average Bonchev–Trinajstić information content (AvgIpc) is 2.92. The van der Waals surface area contributed by atoms with Crippen LogP contribution in [0.5, 0.6) is 0 Å². The summed E-state index contributed by atoms with van der Waals surface area (Å²) in [6.07, 6.45) is 3.94. The number of aryl methyl sites for hydroxylation is 2. The molecule has 0 unspecified atom stereocenters. The Bertz CT molecular complexity index is 817. The number of pyridine rings is 1. The van der Waals surface area contributed by atoms with Gasteiger partial charge in [-0.2, -0.15) is 5.10 Å². The zero-order valence-electron chi connectivity index (χ0n) is 13.2. The number of anilines is 1. The zero-order valence-corrected chi connectivity index (χ0v) is 13.2. The van der Waals surface area contributed by atoms with Gasteiger partial charge in [-0.25, -0.2) is 4.98 Å². The monoisotopic (exact) mass is 283 g/mol. The summed E-state index contributed by atoms with van der Waals surface area (Å²) in [5.41, 5.74) is 11.1. The predicted octanol–water partition coefficient (Wildman–Crippen LogP) is 2.92. The molecule has 0 amide bonds. The third kappa shape index (κ3) is 2.09. The first-order valence-corrected chi connectivity index (χ1v) is 7.06. The summed E-state index contributed by atoms with van der Waals surface area (Å²) < 4.78 is 3.76. The third-order valence-corrected chi connectivity index (χ3v) is 3.68. The zero-order chi connectivity index (χ0) is 15.4. The van der Waals surface area contributed by atoms with Crippen molar-refractivity contribution in [3.8, 4) is 11.3 Å². The highest BCUT2D eigenvalue weighted by Crippen LogP contribution is 2.34. The third-order valence-electron chi connectivity index (χ3n) is 3.68. The van der Waals surface area contributed by atoms with Crippen LogP contribution in [0, 0.1) is 6.92 Å². The number of imidazole rings is 1. The number of aromatic nitrogens is 4. The highest BCUT2D eigenvalue weighted by atomic mass is 15.3. The van der Waals surface area contributed by atoms with Crippen LogP contribution >= 0.6 is 0 Å². The molecule has 3 aromatic heterocycles. The Morgan fingerprint density at radius 3 is 2.57 bits per heavy atom. The molecule has 21 heavy (non-hydrogen) atoms. The van der Waals surface area contributed by atoms with E-state index < -0.39 is 0 Å². The van der Waals surface area contributed by atoms with Gasteiger partial charge in [-0.15, -0.1) is 0 Å². The standard InChI is InChI=1S/C16H21N5/c1-10-7-6-8-21-14(17)12(18-15(10)21)11-9-20(5)19-13(11)16(2,3)4/h6-9H,17H2,1-5H3. The van der Waals surface area contributed by atoms with E-state index in [0.717, 1.165) is 28.2 Å². The fourth-order valence-corrected chi connectivity index (χ4v) is 2.64. The van der Waals surface area contributed by atoms with E-state index in [1.807, 2.05) is 47.6 Å². The summed E-state index contributed by atoms with van der Waals surface area (Å²) >= 11 is 0. The minimum Gasteiger partial charge on any atom is -0.383 e. The molecule has 2 N–H and O–H groups in total. The van der Waals surface area contributed by atoms with E-state index >= 15 is 0 Å². The van der Waals surface area contributed by atoms with E-state index in [0.29, 0.717) is 5.82 Å². The molecule has 0 fully saturated rings. The van der Waals surface area contributed by atoms with Crippen molar-refractivity contribution in [3.05, 3.63) is 35.8 Å². The highest BCUT2D eigenvalue weighted by Gasteiger charge is 2.26. The van der Waals surface area contributed by atoms with Crippen LogP contribution in [-0.2, 0) is 12.5 Å². The molecule has 5 nitrogen and oxygen atoms in total. The van der Waals surface area contributed by atoms with Crippen molar-refractivity contribution in [2.24, 2.45) is 7.05 Å². The number of fused-ring (bicyclic) bond motifs is 1. The molecule has 0 saturated carbocycles. The Kier molecular flexibility index (Phi) is 2.83. The van der Waals surface area contributed by atoms with Gasteiger partial charge >= 0.3 is 0 Å². The Morgan fingerprint density at radius 1 is 1.24 bits per heavy atom. The van der Waals surface area contributed by atoms with Gasteiger partial charge in [-0.3, -0.25) is 9.08 Å². The van der Waals surface area contributed by atoms with Gasteiger partial charge in [-0.1, -0.05) is 26.8 Å². The fraction of sp³-hybridized carbons (Fsp3) is 0.375. The van der Waals surface area contributed by atoms with Crippen molar-refractivity contribution in [1.29, 1.82) is 0 Å². The molecule has 5 heteroatoms. The number of nitrogens with two attached hydrogens (primary N) is 1. The molecule has 3 rings (SSSR count). The normalized spacial score (nSPS) is 12.2. The van der Waals surface area contributed by atoms with Gasteiger partial charge in [0.05, 0.1) is 5.69 Å². The SMILES string of the molecule is Cc1cccn2c(N)c(-c3cn(C)nc3C(C)(C)C)nc12. The minimum absolute atomic E-state index is 0.0616. The van der Waals surface area contributed by atoms with Crippen molar-refractivity contribution in [3.63, 3.8) is 0 Å². The van der Waals surface area contributed by atoms with E-state index in [9.17, 15) is 0 Å². The fourth-order valence-electron chi connectivity index (χ4n) is 2.64. The maximum atomic E-state index is 6.32. The second-order valence-corrected chi connectivity index (χ2v) is 6.55. The second kappa shape index (κ2) is 4.35. The van der Waals surface area contributed by atoms with Crippen LogP contribution in [0.1, 0.15) is 32.0 Å². The van der Waals surface area contributed by atoms with Crippen LogP contribution < -0.4 is 5.73 Å². The Morgan fingerprint density at radius 2 is 1.95 bits per heavy atom. The summed E-state index contributed by atoms with van der Waals surface area (Å²) in [6, 6.07) is 4.03. The van der Waals surface area contributed by atoms with E-state index in [1.54, 1.807) is 0 Å². The predicted molar refractivity (Wildman–Crippen MR) is 85.2 cm³/mol. The van der Waals surface area contributed by atoms with Gasteiger partial charge in [0.1, 0.15) is 17.2 Å². The van der Waals surface area contributed by atoms with Crippen LogP contribution in [0.15, 0.2) is 24.5 Å². The number of rotatable bonds is 1. The number of hydrogen-bond donors (Lipinski definition) is 1. The lowest BCUT2D eigenvalue weighted by molar-refractivity contribution is 0.554. The molecule has 3 heterocycles. The van der Waals surface area contributed by atoms with Crippen molar-refractivity contribution in [2.45, 2.75) is 33.1 Å². The lowest BCUT2D eigenvalue weighted by Gasteiger charge is -2.16. The van der Waals surface area contributed by atoms with Crippen molar-refractivity contribution >= 4 is 11.5 Å². The van der Waals surface area contributed by atoms with Crippen LogP contribution in [0.25, 0.3) is 16.9 Å². The summed E-state index contributed by atoms with van der Waals surface area (Å²) in [5.74, 6) is 0.659. The molecule has 0 radical (unpaired) electrons. The number of nitrogen functional groups attached to an aromatic ring is 1. The molecular formula is C16H21N5. The van der Waals surface area contributed by atoms with Gasteiger partial charge < -0.3 is 5.73 Å². The molecule has 0 aliphatic rings. The lowest BCUT2D eigenvalue weighted by atomic mass is 9.89. The summed E-state index contributed by atoms with van der Waals surface area (Å²) in [5, 5.41) is 4.60. The summed E-state index contributed by atoms with van der Waals surface area (Å²) in [7, 11) is 1.93. The maximum absolute atomic E-state index is 6.32. The van der Waals surface area contributed by atoms with E-state index in [1.165, 1.54) is 0 Å². The maximum Gasteiger partial charge on any atom is 0.142 e. The second-order valence-electron chi connectivity index (χ2n) is 6.55. The van der Waals surface area contributed by atoms with Gasteiger partial charge in [0.15, 0.2) is 0 Å². The smallest absolute Gasteiger partial charge is 0.142 e. The van der Waals surface area contributed by atoms with Gasteiger partial charge in [0.2, 0.25) is 0 Å². The van der Waals surface area contributed by atoms with Crippen LogP contribution in [0.2, 0.25) is 0 Å². The van der Waals surface area contributed by atoms with Crippen LogP contribution in [-0.4, -0.2) is 19.2 Å². The van der Waals surface area contributed by atoms with Gasteiger partial charge in [0.25, 0.3) is 0 Å². The molecule has 0 aliphatic carbocycles. The Hall–Kier alpha value is -2.30. The number of nitrogens with zero attached hydrogens (tertiary/aromatic N) is 4. The van der Waals surface area contributed by atoms with E-state index in [-0.39, 0.29) is 5.41 Å². The molecule has 0 bridgehead atoms. The topological polar surface area (TPSA) is 61.1 Å². The first-order chi connectivity index (χ1) is 9.79. The van der Waals surface area contributed by atoms with Crippen LogP contribution in [0.4, 0.5) is 5.82 Å². The molecule has 3 aromatic rings. The minimum atomic E-state index is -0.0616. The molecule has 0 spiro atoms. The van der Waals surface area contributed by atoms with Gasteiger partial charge in [-0.05, 0) is 18.6 Å². The molecular weight excluding hydrogens is 262 g/mol. The molecule has 0 atom stereocenters. The quantitative estimate of drug-likeness (QED) is 0.747. The largest absolute Gasteiger partial charge is 0.383 e. The lowest BCUT2D eigenvalue weighted by Crippen LogP contribution is -2.14. The average molecular weight is 283 g/mol. The first kappa shape index (κ1) is 13.7. The molecule has 0 aromatic carbocycles. The van der Waals surface area contributed by atoms with Crippen LogP contribution in [0.3, 0.4) is 0 Å². The number of hydrogen-bond acceptors (Lipinski definition) is 3. The van der Waals surface area contributed by atoms with E-state index in [4.69, 9.17) is 10.7 Å². The van der Waals surface area contributed by atoms with Crippen molar-refractivity contribution in [1.82, 2.24) is 19.2 Å². The molecule has 0 aliphatic heterocycles. The summed E-state index contributed by atoms with van der Waals surface area (Å²) in [4.78, 5) is 4.75.